The van der Waals surface area contributed by atoms with Crippen LogP contribution in [-0.2, 0) is 4.74 Å². The number of hydrogen-bond acceptors (Lipinski definition) is 4. The van der Waals surface area contributed by atoms with Crippen LogP contribution in [0.3, 0.4) is 0 Å². The van der Waals surface area contributed by atoms with Crippen molar-refractivity contribution in [3.05, 3.63) is 75.9 Å². The second-order valence-corrected chi connectivity index (χ2v) is 7.22. The van der Waals surface area contributed by atoms with Crippen LogP contribution in [-0.4, -0.2) is 18.5 Å². The lowest BCUT2D eigenvalue weighted by Gasteiger charge is -2.10. The quantitative estimate of drug-likeness (QED) is 0.570. The molecule has 0 aliphatic heterocycles. The minimum absolute atomic E-state index is 0.177. The zero-order valence-corrected chi connectivity index (χ0v) is 16.7. The summed E-state index contributed by atoms with van der Waals surface area (Å²) >= 11 is 1.24. The number of anilines is 1. The van der Waals surface area contributed by atoms with E-state index in [1.165, 1.54) is 29.5 Å². The molecule has 144 valence electrons. The van der Waals surface area contributed by atoms with Crippen LogP contribution in [0.15, 0.2) is 47.8 Å². The van der Waals surface area contributed by atoms with Crippen LogP contribution in [0.1, 0.15) is 38.8 Å². The molecule has 2 aromatic carbocycles. The van der Waals surface area contributed by atoms with Crippen molar-refractivity contribution in [1.29, 1.82) is 0 Å². The minimum atomic E-state index is -0.508. The van der Waals surface area contributed by atoms with Crippen LogP contribution in [0.25, 0.3) is 11.1 Å². The van der Waals surface area contributed by atoms with Gasteiger partial charge in [-0.3, -0.25) is 4.79 Å². The van der Waals surface area contributed by atoms with E-state index >= 15 is 0 Å². The summed E-state index contributed by atoms with van der Waals surface area (Å²) < 4.78 is 18.6. The Labute approximate surface area is 167 Å². The first-order valence-corrected chi connectivity index (χ1v) is 9.71. The van der Waals surface area contributed by atoms with Crippen molar-refractivity contribution >= 4 is 28.2 Å². The maximum absolute atomic E-state index is 13.4. The molecule has 0 spiro atoms. The topological polar surface area (TPSA) is 55.4 Å². The number of ether oxygens (including phenoxy) is 1. The highest BCUT2D eigenvalue weighted by Crippen LogP contribution is 2.37. The van der Waals surface area contributed by atoms with E-state index in [0.717, 1.165) is 22.8 Å². The van der Waals surface area contributed by atoms with Crippen molar-refractivity contribution in [2.24, 2.45) is 0 Å². The maximum Gasteiger partial charge on any atom is 0.341 e. The van der Waals surface area contributed by atoms with E-state index in [-0.39, 0.29) is 12.2 Å². The van der Waals surface area contributed by atoms with E-state index in [1.54, 1.807) is 6.92 Å². The van der Waals surface area contributed by atoms with E-state index < -0.39 is 17.7 Å². The Morgan fingerprint density at radius 2 is 1.89 bits per heavy atom. The van der Waals surface area contributed by atoms with Gasteiger partial charge >= 0.3 is 5.97 Å². The number of rotatable bonds is 5. The first-order valence-electron chi connectivity index (χ1n) is 8.84. The molecule has 0 aliphatic rings. The number of benzene rings is 2. The smallest absolute Gasteiger partial charge is 0.341 e. The molecule has 0 unspecified atom stereocenters. The van der Waals surface area contributed by atoms with Gasteiger partial charge in [0.2, 0.25) is 0 Å². The zero-order chi connectivity index (χ0) is 20.3. The third-order valence-corrected chi connectivity index (χ3v) is 5.30. The van der Waals surface area contributed by atoms with Crippen LogP contribution in [0.2, 0.25) is 0 Å². The Hall–Kier alpha value is -2.99. The normalized spacial score (nSPS) is 10.6. The number of thiophene rings is 1. The highest BCUT2D eigenvalue weighted by atomic mass is 32.1. The van der Waals surface area contributed by atoms with E-state index in [2.05, 4.69) is 5.32 Å². The predicted octanol–water partition coefficient (Wildman–Crippen LogP) is 5.60. The van der Waals surface area contributed by atoms with Crippen LogP contribution < -0.4 is 5.32 Å². The summed E-state index contributed by atoms with van der Waals surface area (Å²) in [5, 5.41) is 4.91. The summed E-state index contributed by atoms with van der Waals surface area (Å²) in [7, 11) is 0. The Balaban J connectivity index is 2.01. The van der Waals surface area contributed by atoms with Crippen molar-refractivity contribution in [2.45, 2.75) is 20.8 Å². The van der Waals surface area contributed by atoms with Gasteiger partial charge in [-0.25, -0.2) is 9.18 Å². The van der Waals surface area contributed by atoms with Crippen molar-refractivity contribution in [3.8, 4) is 11.1 Å². The Morgan fingerprint density at radius 3 is 2.57 bits per heavy atom. The predicted molar refractivity (Wildman–Crippen MR) is 110 cm³/mol. The Bertz CT molecular complexity index is 1040. The number of carbonyl (C=O) groups is 2. The summed E-state index contributed by atoms with van der Waals surface area (Å²) in [4.78, 5) is 25.1. The molecular weight excluding hydrogens is 377 g/mol. The van der Waals surface area contributed by atoms with Crippen molar-refractivity contribution < 1.29 is 18.7 Å². The molecule has 0 fully saturated rings. The highest BCUT2D eigenvalue weighted by molar-refractivity contribution is 7.15. The SMILES string of the molecule is CCOC(=O)c1c(-c2ccc(C)c(C)c2)csc1NC(=O)c1cccc(F)c1. The molecule has 1 amide bonds. The number of aryl methyl sites for hydroxylation is 2. The molecule has 1 heterocycles. The summed E-state index contributed by atoms with van der Waals surface area (Å²) in [6.07, 6.45) is 0. The second kappa shape index (κ2) is 8.35. The average Bonchev–Trinajstić information content (AvgIpc) is 3.07. The molecule has 3 rings (SSSR count). The molecule has 0 saturated carbocycles. The van der Waals surface area contributed by atoms with Crippen molar-refractivity contribution in [2.75, 3.05) is 11.9 Å². The molecule has 28 heavy (non-hydrogen) atoms. The summed E-state index contributed by atoms with van der Waals surface area (Å²) in [5.41, 5.74) is 4.30. The molecule has 4 nitrogen and oxygen atoms in total. The summed E-state index contributed by atoms with van der Waals surface area (Å²) in [5.74, 6) is -1.50. The fourth-order valence-corrected chi connectivity index (χ4v) is 3.73. The van der Waals surface area contributed by atoms with Gasteiger partial charge in [-0.15, -0.1) is 11.3 Å². The van der Waals surface area contributed by atoms with Gasteiger partial charge in [0.15, 0.2) is 0 Å². The lowest BCUT2D eigenvalue weighted by atomic mass is 9.99. The van der Waals surface area contributed by atoms with Gasteiger partial charge in [-0.1, -0.05) is 24.3 Å². The molecule has 0 atom stereocenters. The zero-order valence-electron chi connectivity index (χ0n) is 15.8. The number of esters is 1. The number of hydrogen-bond donors (Lipinski definition) is 1. The number of nitrogens with one attached hydrogen (secondary N) is 1. The van der Waals surface area contributed by atoms with Crippen LogP contribution in [0.4, 0.5) is 9.39 Å². The number of amides is 1. The van der Waals surface area contributed by atoms with Gasteiger partial charge in [0.25, 0.3) is 5.91 Å². The van der Waals surface area contributed by atoms with Crippen LogP contribution in [0, 0.1) is 19.7 Å². The minimum Gasteiger partial charge on any atom is -0.462 e. The van der Waals surface area contributed by atoms with Gasteiger partial charge < -0.3 is 10.1 Å². The molecule has 3 aromatic rings. The van der Waals surface area contributed by atoms with E-state index in [9.17, 15) is 14.0 Å². The molecule has 0 radical (unpaired) electrons. The van der Waals surface area contributed by atoms with Gasteiger partial charge in [0.05, 0.1) is 6.61 Å². The monoisotopic (exact) mass is 397 g/mol. The first kappa shape index (κ1) is 19.8. The largest absolute Gasteiger partial charge is 0.462 e. The van der Waals surface area contributed by atoms with Crippen LogP contribution >= 0.6 is 11.3 Å². The number of halogens is 1. The van der Waals surface area contributed by atoms with E-state index in [1.807, 2.05) is 37.4 Å². The fraction of sp³-hybridized carbons (Fsp3) is 0.182. The first-order chi connectivity index (χ1) is 13.4. The second-order valence-electron chi connectivity index (χ2n) is 6.34. The van der Waals surface area contributed by atoms with Crippen LogP contribution in [0.5, 0.6) is 0 Å². The van der Waals surface area contributed by atoms with Gasteiger partial charge in [-0.2, -0.15) is 0 Å². The Morgan fingerprint density at radius 1 is 1.11 bits per heavy atom. The van der Waals surface area contributed by atoms with Gasteiger partial charge in [0.1, 0.15) is 16.4 Å². The maximum atomic E-state index is 13.4. The lowest BCUT2D eigenvalue weighted by molar-refractivity contribution is 0.0529. The Kier molecular flexibility index (Phi) is 5.90. The summed E-state index contributed by atoms with van der Waals surface area (Å²) in [6, 6.07) is 11.3. The third-order valence-electron chi connectivity index (χ3n) is 4.40. The molecule has 6 heteroatoms. The molecule has 0 saturated heterocycles. The fourth-order valence-electron chi connectivity index (χ4n) is 2.78. The molecular formula is C22H20FNO3S. The highest BCUT2D eigenvalue weighted by Gasteiger charge is 2.23. The summed E-state index contributed by atoms with van der Waals surface area (Å²) in [6.45, 7) is 5.97. The number of carbonyl (C=O) groups excluding carboxylic acids is 2. The third kappa shape index (κ3) is 4.12. The lowest BCUT2D eigenvalue weighted by Crippen LogP contribution is -2.15. The standard InChI is InChI=1S/C22H20FNO3S/c1-4-27-22(26)19-18(15-9-8-13(2)14(3)10-15)12-28-21(19)24-20(25)16-6-5-7-17(23)11-16/h5-12H,4H2,1-3H3,(H,24,25). The van der Waals surface area contributed by atoms with E-state index in [4.69, 9.17) is 4.74 Å². The van der Waals surface area contributed by atoms with E-state index in [0.29, 0.717) is 16.1 Å². The average molecular weight is 397 g/mol. The molecule has 1 aromatic heterocycles. The van der Waals surface area contributed by atoms with Crippen molar-refractivity contribution in [3.63, 3.8) is 0 Å². The van der Waals surface area contributed by atoms with Crippen molar-refractivity contribution in [1.82, 2.24) is 0 Å². The molecule has 0 aliphatic carbocycles. The van der Waals surface area contributed by atoms with Gasteiger partial charge in [0, 0.05) is 16.5 Å². The van der Waals surface area contributed by atoms with Gasteiger partial charge in [-0.05, 0) is 55.7 Å². The molecule has 0 bridgehead atoms. The molecule has 1 N–H and O–H groups in total.